The highest BCUT2D eigenvalue weighted by Gasteiger charge is 2.35. The number of aliphatic hydroxyl groups excluding tert-OH is 1. The maximum Gasteiger partial charge on any atom is 0.235 e. The molecule has 3 N–H and O–H groups in total. The molecule has 0 spiro atoms. The van der Waals surface area contributed by atoms with Crippen LogP contribution < -0.4 is 5.73 Å². The van der Waals surface area contributed by atoms with Gasteiger partial charge < -0.3 is 15.7 Å². The lowest BCUT2D eigenvalue weighted by atomic mass is 9.91. The van der Waals surface area contributed by atoms with Crippen molar-refractivity contribution in [1.82, 2.24) is 9.80 Å². The van der Waals surface area contributed by atoms with Crippen LogP contribution in [0.1, 0.15) is 20.3 Å². The Labute approximate surface area is 114 Å². The molecule has 0 aromatic carbocycles. The first-order chi connectivity index (χ1) is 8.39. The summed E-state index contributed by atoms with van der Waals surface area (Å²) in [5.41, 5.74) is 4.86. The van der Waals surface area contributed by atoms with Crippen molar-refractivity contribution in [3.8, 4) is 0 Å². The van der Waals surface area contributed by atoms with Crippen LogP contribution in [0.15, 0.2) is 0 Å². The molecule has 6 heteroatoms. The van der Waals surface area contributed by atoms with Gasteiger partial charge in [0.15, 0.2) is 0 Å². The summed E-state index contributed by atoms with van der Waals surface area (Å²) in [6.07, 6.45) is 0.916. The molecule has 0 aromatic heterocycles. The average Bonchev–Trinajstić information content (AvgIpc) is 2.54. The third kappa shape index (κ3) is 3.63. The zero-order chi connectivity index (χ0) is 13.8. The molecule has 0 atom stereocenters. The molecular formula is C12H23N3O2S. The number of hydrogen-bond acceptors (Lipinski definition) is 4. The molecular weight excluding hydrogens is 250 g/mol. The lowest BCUT2D eigenvalue weighted by molar-refractivity contribution is -0.136. The third-order valence-corrected chi connectivity index (χ3v) is 3.95. The zero-order valence-corrected chi connectivity index (χ0v) is 12.0. The zero-order valence-electron chi connectivity index (χ0n) is 11.2. The highest BCUT2D eigenvalue weighted by molar-refractivity contribution is 7.80. The minimum atomic E-state index is -0.776. The number of β-amino-alcohol motifs (C(OH)–C–C–N with tert-alkyl or cyclic N) is 1. The van der Waals surface area contributed by atoms with Crippen molar-refractivity contribution in [2.45, 2.75) is 20.3 Å². The molecule has 0 aliphatic carbocycles. The Hall–Kier alpha value is -0.720. The second-order valence-corrected chi connectivity index (χ2v) is 5.64. The van der Waals surface area contributed by atoms with Crippen LogP contribution >= 0.6 is 12.2 Å². The summed E-state index contributed by atoms with van der Waals surface area (Å²) in [5, 5.41) is 8.93. The van der Waals surface area contributed by atoms with Gasteiger partial charge in [0, 0.05) is 26.2 Å². The lowest BCUT2D eigenvalue weighted by Gasteiger charge is -2.30. The van der Waals surface area contributed by atoms with Crippen LogP contribution in [0.5, 0.6) is 0 Å². The molecule has 1 saturated heterocycles. The van der Waals surface area contributed by atoms with Gasteiger partial charge in [-0.15, -0.1) is 0 Å². The van der Waals surface area contributed by atoms with Crippen molar-refractivity contribution in [3.63, 3.8) is 0 Å². The van der Waals surface area contributed by atoms with Crippen LogP contribution in [0, 0.1) is 5.41 Å². The molecule has 1 aliphatic heterocycles. The largest absolute Gasteiger partial charge is 0.395 e. The predicted molar refractivity (Wildman–Crippen MR) is 75.3 cm³/mol. The Morgan fingerprint density at radius 2 is 2.00 bits per heavy atom. The van der Waals surface area contributed by atoms with Crippen LogP contribution in [0.4, 0.5) is 0 Å². The highest BCUT2D eigenvalue weighted by Crippen LogP contribution is 2.20. The number of nitrogens with two attached hydrogens (primary N) is 1. The number of amides is 1. The van der Waals surface area contributed by atoms with Crippen LogP contribution in [-0.2, 0) is 4.79 Å². The van der Waals surface area contributed by atoms with Crippen molar-refractivity contribution < 1.29 is 9.90 Å². The van der Waals surface area contributed by atoms with Gasteiger partial charge >= 0.3 is 0 Å². The van der Waals surface area contributed by atoms with Crippen molar-refractivity contribution >= 4 is 23.1 Å². The fourth-order valence-electron chi connectivity index (χ4n) is 2.04. The number of hydrogen-bond donors (Lipinski definition) is 2. The Kier molecular flexibility index (Phi) is 5.49. The minimum absolute atomic E-state index is 0.000786. The van der Waals surface area contributed by atoms with Crippen LogP contribution in [0.25, 0.3) is 0 Å². The number of thiocarbonyl (C=S) groups is 1. The van der Waals surface area contributed by atoms with E-state index in [1.165, 1.54) is 0 Å². The van der Waals surface area contributed by atoms with Gasteiger partial charge in [0.2, 0.25) is 5.91 Å². The Morgan fingerprint density at radius 3 is 2.56 bits per heavy atom. The van der Waals surface area contributed by atoms with Gasteiger partial charge in [-0.25, -0.2) is 0 Å². The quantitative estimate of drug-likeness (QED) is 0.696. The summed E-state index contributed by atoms with van der Waals surface area (Å²) in [5.74, 6) is 0.000786. The monoisotopic (exact) mass is 273 g/mol. The van der Waals surface area contributed by atoms with Gasteiger partial charge in [-0.2, -0.15) is 0 Å². The molecule has 1 aliphatic rings. The van der Waals surface area contributed by atoms with Crippen LogP contribution in [0.2, 0.25) is 0 Å². The van der Waals surface area contributed by atoms with E-state index in [9.17, 15) is 4.79 Å². The van der Waals surface area contributed by atoms with Gasteiger partial charge in [-0.05, 0) is 26.8 Å². The topological polar surface area (TPSA) is 69.8 Å². The van der Waals surface area contributed by atoms with E-state index >= 15 is 0 Å². The number of nitrogens with zero attached hydrogens (tertiary/aromatic N) is 2. The normalized spacial score (nSPS) is 18.5. The number of carbonyl (C=O) groups excluding carboxylic acids is 1. The smallest absolute Gasteiger partial charge is 0.235 e. The summed E-state index contributed by atoms with van der Waals surface area (Å²) >= 11 is 4.96. The molecule has 1 fully saturated rings. The molecule has 1 heterocycles. The van der Waals surface area contributed by atoms with Gasteiger partial charge in [0.05, 0.1) is 17.0 Å². The standard InChI is InChI=1S/C12H23N3O2S/c1-12(2,10(13)18)11(17)15-5-3-4-14(6-7-15)8-9-16/h16H,3-9H2,1-2H3,(H2,13,18). The van der Waals surface area contributed by atoms with E-state index in [4.69, 9.17) is 23.1 Å². The van der Waals surface area contributed by atoms with E-state index in [2.05, 4.69) is 4.90 Å². The van der Waals surface area contributed by atoms with Gasteiger partial charge in [-0.1, -0.05) is 12.2 Å². The van der Waals surface area contributed by atoms with Crippen molar-refractivity contribution in [3.05, 3.63) is 0 Å². The SMILES string of the molecule is CC(C)(C(=O)N1CCCN(CCO)CC1)C(N)=S. The Balaban J connectivity index is 2.63. The average molecular weight is 273 g/mol. The van der Waals surface area contributed by atoms with Crippen molar-refractivity contribution in [2.24, 2.45) is 11.1 Å². The second-order valence-electron chi connectivity index (χ2n) is 5.20. The molecule has 0 aromatic rings. The van der Waals surface area contributed by atoms with E-state index in [1.807, 2.05) is 4.90 Å². The van der Waals surface area contributed by atoms with E-state index in [1.54, 1.807) is 13.8 Å². The molecule has 0 bridgehead atoms. The summed E-state index contributed by atoms with van der Waals surface area (Å²) in [6.45, 7) is 7.48. The number of aliphatic hydroxyl groups is 1. The summed E-state index contributed by atoms with van der Waals surface area (Å²) < 4.78 is 0. The third-order valence-electron chi connectivity index (χ3n) is 3.44. The van der Waals surface area contributed by atoms with E-state index in [-0.39, 0.29) is 17.5 Å². The van der Waals surface area contributed by atoms with Gasteiger partial charge in [-0.3, -0.25) is 9.69 Å². The van der Waals surface area contributed by atoms with E-state index in [0.29, 0.717) is 13.1 Å². The van der Waals surface area contributed by atoms with Crippen molar-refractivity contribution in [1.29, 1.82) is 0 Å². The van der Waals surface area contributed by atoms with Crippen molar-refractivity contribution in [2.75, 3.05) is 39.3 Å². The number of carbonyl (C=O) groups is 1. The Bertz CT molecular complexity index is 320. The number of rotatable bonds is 4. The van der Waals surface area contributed by atoms with E-state index < -0.39 is 5.41 Å². The Morgan fingerprint density at radius 1 is 1.33 bits per heavy atom. The molecule has 0 radical (unpaired) electrons. The maximum absolute atomic E-state index is 12.4. The van der Waals surface area contributed by atoms with E-state index in [0.717, 1.165) is 26.1 Å². The first kappa shape index (κ1) is 15.3. The minimum Gasteiger partial charge on any atom is -0.395 e. The fraction of sp³-hybridized carbons (Fsp3) is 0.833. The van der Waals surface area contributed by atoms with Gasteiger partial charge in [0.25, 0.3) is 0 Å². The van der Waals surface area contributed by atoms with Gasteiger partial charge in [0.1, 0.15) is 0 Å². The molecule has 0 saturated carbocycles. The van der Waals surface area contributed by atoms with Crippen LogP contribution in [-0.4, -0.2) is 65.1 Å². The lowest BCUT2D eigenvalue weighted by Crippen LogP contribution is -2.48. The molecule has 104 valence electrons. The highest BCUT2D eigenvalue weighted by atomic mass is 32.1. The predicted octanol–water partition coefficient (Wildman–Crippen LogP) is -0.175. The summed E-state index contributed by atoms with van der Waals surface area (Å²) in [7, 11) is 0. The molecule has 0 unspecified atom stereocenters. The molecule has 1 amide bonds. The molecule has 1 rings (SSSR count). The first-order valence-electron chi connectivity index (χ1n) is 6.32. The molecule has 18 heavy (non-hydrogen) atoms. The fourth-order valence-corrected chi connectivity index (χ4v) is 2.13. The molecule has 5 nitrogen and oxygen atoms in total. The summed E-state index contributed by atoms with van der Waals surface area (Å²) in [6, 6.07) is 0. The second kappa shape index (κ2) is 6.45. The first-order valence-corrected chi connectivity index (χ1v) is 6.73. The van der Waals surface area contributed by atoms with Crippen LogP contribution in [0.3, 0.4) is 0 Å². The summed E-state index contributed by atoms with van der Waals surface area (Å²) in [4.78, 5) is 16.6. The maximum atomic E-state index is 12.4.